The normalized spacial score (nSPS) is 10.8. The second kappa shape index (κ2) is 7.31. The number of hydrogen-bond donors (Lipinski definition) is 2. The van der Waals surface area contributed by atoms with E-state index in [0.717, 1.165) is 22.4 Å². The number of rotatable bonds is 4. The van der Waals surface area contributed by atoms with Crippen molar-refractivity contribution in [3.63, 3.8) is 0 Å². The van der Waals surface area contributed by atoms with Crippen molar-refractivity contribution in [3.05, 3.63) is 60.0 Å². The zero-order valence-corrected chi connectivity index (χ0v) is 15.0. The van der Waals surface area contributed by atoms with E-state index in [9.17, 15) is 4.79 Å². The number of aryl methyl sites for hydroxylation is 1. The lowest BCUT2D eigenvalue weighted by atomic mass is 9.98. The lowest BCUT2D eigenvalue weighted by Gasteiger charge is -2.14. The Balaban J connectivity index is 2.14. The number of pyridine rings is 1. The summed E-state index contributed by atoms with van der Waals surface area (Å²) in [5.41, 5.74) is 10.5. The Morgan fingerprint density at radius 3 is 2.58 bits per heavy atom. The van der Waals surface area contributed by atoms with Gasteiger partial charge in [-0.15, -0.1) is 0 Å². The number of hydrogen-bond acceptors (Lipinski definition) is 5. The van der Waals surface area contributed by atoms with Crippen molar-refractivity contribution in [1.82, 2.24) is 20.3 Å². The number of nitrogen functional groups attached to an aromatic ring is 1. The lowest BCUT2D eigenvalue weighted by molar-refractivity contribution is 0.0943. The monoisotopic (exact) mass is 347 g/mol. The second-order valence-electron chi connectivity index (χ2n) is 6.34. The van der Waals surface area contributed by atoms with E-state index in [-0.39, 0.29) is 17.9 Å². The van der Waals surface area contributed by atoms with E-state index >= 15 is 0 Å². The Labute approximate surface area is 152 Å². The third kappa shape index (κ3) is 3.69. The molecule has 1 aromatic carbocycles. The molecule has 6 nitrogen and oxygen atoms in total. The fraction of sp³-hybridized carbons (Fsp3) is 0.200. The van der Waals surface area contributed by atoms with Gasteiger partial charge in [0.1, 0.15) is 0 Å². The highest BCUT2D eigenvalue weighted by molar-refractivity contribution is 5.96. The van der Waals surface area contributed by atoms with Gasteiger partial charge in [-0.1, -0.05) is 18.2 Å². The number of aromatic nitrogens is 3. The molecule has 26 heavy (non-hydrogen) atoms. The van der Waals surface area contributed by atoms with E-state index in [1.807, 2.05) is 51.1 Å². The third-order valence-corrected chi connectivity index (χ3v) is 3.88. The molecule has 2 aromatic heterocycles. The van der Waals surface area contributed by atoms with Gasteiger partial charge in [-0.3, -0.25) is 9.78 Å². The van der Waals surface area contributed by atoms with Gasteiger partial charge in [0.25, 0.3) is 5.91 Å². The zero-order chi connectivity index (χ0) is 18.7. The average molecular weight is 347 g/mol. The summed E-state index contributed by atoms with van der Waals surface area (Å²) in [7, 11) is 0. The molecule has 0 aliphatic rings. The van der Waals surface area contributed by atoms with Crippen LogP contribution in [0.5, 0.6) is 0 Å². The molecule has 0 aliphatic carbocycles. The zero-order valence-electron chi connectivity index (χ0n) is 15.0. The largest absolute Gasteiger partial charge is 0.368 e. The highest BCUT2D eigenvalue weighted by Gasteiger charge is 2.16. The van der Waals surface area contributed by atoms with Crippen LogP contribution in [0, 0.1) is 6.92 Å². The Morgan fingerprint density at radius 2 is 1.88 bits per heavy atom. The smallest absolute Gasteiger partial charge is 0.251 e. The Hall–Kier alpha value is -3.28. The Kier molecular flexibility index (Phi) is 4.93. The predicted molar refractivity (Wildman–Crippen MR) is 102 cm³/mol. The van der Waals surface area contributed by atoms with Gasteiger partial charge in [-0.2, -0.15) is 0 Å². The van der Waals surface area contributed by atoms with Gasteiger partial charge < -0.3 is 11.1 Å². The van der Waals surface area contributed by atoms with E-state index in [2.05, 4.69) is 20.3 Å². The van der Waals surface area contributed by atoms with Crippen LogP contribution < -0.4 is 11.1 Å². The number of nitrogens with one attached hydrogen (secondary N) is 1. The maximum absolute atomic E-state index is 12.3. The first kappa shape index (κ1) is 17.5. The molecular formula is C20H21N5O. The summed E-state index contributed by atoms with van der Waals surface area (Å²) >= 11 is 0. The van der Waals surface area contributed by atoms with E-state index in [0.29, 0.717) is 11.3 Å². The maximum Gasteiger partial charge on any atom is 0.251 e. The molecule has 132 valence electrons. The lowest BCUT2D eigenvalue weighted by Crippen LogP contribution is -2.30. The minimum atomic E-state index is -0.122. The van der Waals surface area contributed by atoms with Crippen molar-refractivity contribution in [2.45, 2.75) is 26.8 Å². The molecule has 0 spiro atoms. The minimum Gasteiger partial charge on any atom is -0.368 e. The first-order valence-corrected chi connectivity index (χ1v) is 8.41. The number of nitrogens with two attached hydrogens (primary N) is 1. The SMILES string of the molecule is Cc1nc(N)nc(-c2cccc(C(=O)NC(C)C)c2)c1-c1cccnc1. The topological polar surface area (TPSA) is 93.8 Å². The van der Waals surface area contributed by atoms with Crippen LogP contribution in [-0.2, 0) is 0 Å². The molecule has 0 bridgehead atoms. The molecule has 0 saturated carbocycles. The van der Waals surface area contributed by atoms with Gasteiger partial charge in [0.15, 0.2) is 0 Å². The fourth-order valence-corrected chi connectivity index (χ4v) is 2.81. The summed E-state index contributed by atoms with van der Waals surface area (Å²) in [6, 6.07) is 11.2. The summed E-state index contributed by atoms with van der Waals surface area (Å²) in [6.45, 7) is 5.74. The number of nitrogens with zero attached hydrogens (tertiary/aromatic N) is 3. The Bertz CT molecular complexity index is 938. The Morgan fingerprint density at radius 1 is 1.12 bits per heavy atom. The molecular weight excluding hydrogens is 326 g/mol. The summed E-state index contributed by atoms with van der Waals surface area (Å²) in [4.78, 5) is 25.3. The fourth-order valence-electron chi connectivity index (χ4n) is 2.81. The number of amides is 1. The van der Waals surface area contributed by atoms with Crippen molar-refractivity contribution >= 4 is 11.9 Å². The van der Waals surface area contributed by atoms with Crippen molar-refractivity contribution in [2.24, 2.45) is 0 Å². The van der Waals surface area contributed by atoms with Gasteiger partial charge >= 0.3 is 0 Å². The summed E-state index contributed by atoms with van der Waals surface area (Å²) in [5, 5.41) is 2.90. The van der Waals surface area contributed by atoms with Crippen LogP contribution in [0.2, 0.25) is 0 Å². The first-order valence-electron chi connectivity index (χ1n) is 8.41. The molecule has 0 fully saturated rings. The highest BCUT2D eigenvalue weighted by atomic mass is 16.1. The molecule has 0 saturated heterocycles. The molecule has 0 aliphatic heterocycles. The van der Waals surface area contributed by atoms with Crippen molar-refractivity contribution in [2.75, 3.05) is 5.73 Å². The molecule has 0 atom stereocenters. The molecule has 2 heterocycles. The van der Waals surface area contributed by atoms with Crippen LogP contribution in [0.3, 0.4) is 0 Å². The molecule has 3 rings (SSSR count). The second-order valence-corrected chi connectivity index (χ2v) is 6.34. The van der Waals surface area contributed by atoms with Crippen LogP contribution in [0.1, 0.15) is 29.9 Å². The summed E-state index contributed by atoms with van der Waals surface area (Å²) in [6.07, 6.45) is 3.48. The predicted octanol–water partition coefficient (Wildman–Crippen LogP) is 3.23. The van der Waals surface area contributed by atoms with Gasteiger partial charge in [-0.25, -0.2) is 9.97 Å². The quantitative estimate of drug-likeness (QED) is 0.756. The number of benzene rings is 1. The molecule has 1 amide bonds. The van der Waals surface area contributed by atoms with Gasteiger partial charge in [0.2, 0.25) is 5.95 Å². The van der Waals surface area contributed by atoms with E-state index in [1.165, 1.54) is 0 Å². The van der Waals surface area contributed by atoms with Crippen molar-refractivity contribution in [1.29, 1.82) is 0 Å². The van der Waals surface area contributed by atoms with Crippen LogP contribution in [0.4, 0.5) is 5.95 Å². The number of carbonyl (C=O) groups is 1. The van der Waals surface area contributed by atoms with Crippen molar-refractivity contribution < 1.29 is 4.79 Å². The van der Waals surface area contributed by atoms with Crippen LogP contribution in [-0.4, -0.2) is 26.9 Å². The number of carbonyl (C=O) groups excluding carboxylic acids is 1. The van der Waals surface area contributed by atoms with Gasteiger partial charge in [0, 0.05) is 40.7 Å². The minimum absolute atomic E-state index is 0.0639. The highest BCUT2D eigenvalue weighted by Crippen LogP contribution is 2.33. The molecule has 0 unspecified atom stereocenters. The van der Waals surface area contributed by atoms with Crippen LogP contribution in [0.15, 0.2) is 48.8 Å². The molecule has 3 N–H and O–H groups in total. The van der Waals surface area contributed by atoms with Crippen molar-refractivity contribution in [3.8, 4) is 22.4 Å². The summed E-state index contributed by atoms with van der Waals surface area (Å²) < 4.78 is 0. The van der Waals surface area contributed by atoms with Gasteiger partial charge in [0.05, 0.1) is 11.4 Å². The van der Waals surface area contributed by atoms with Crippen LogP contribution >= 0.6 is 0 Å². The van der Waals surface area contributed by atoms with E-state index in [4.69, 9.17) is 5.73 Å². The third-order valence-electron chi connectivity index (χ3n) is 3.88. The molecule has 6 heteroatoms. The first-order chi connectivity index (χ1) is 12.5. The molecule has 3 aromatic rings. The molecule has 0 radical (unpaired) electrons. The standard InChI is InChI=1S/C20H21N5O/c1-12(2)23-19(26)15-7-4-6-14(10-15)18-17(13(3)24-20(21)25-18)16-8-5-9-22-11-16/h4-12H,1-3H3,(H,23,26)(H2,21,24,25). The summed E-state index contributed by atoms with van der Waals surface area (Å²) in [5.74, 6) is 0.0747. The van der Waals surface area contributed by atoms with Crippen LogP contribution in [0.25, 0.3) is 22.4 Å². The van der Waals surface area contributed by atoms with E-state index < -0.39 is 0 Å². The maximum atomic E-state index is 12.3. The van der Waals surface area contributed by atoms with E-state index in [1.54, 1.807) is 18.5 Å². The average Bonchev–Trinajstić information content (AvgIpc) is 2.61. The number of anilines is 1. The van der Waals surface area contributed by atoms with Gasteiger partial charge in [-0.05, 0) is 39.0 Å².